The highest BCUT2D eigenvalue weighted by atomic mass is 35.5. The van der Waals surface area contributed by atoms with Crippen molar-refractivity contribution in [3.05, 3.63) is 28.8 Å². The van der Waals surface area contributed by atoms with E-state index in [9.17, 15) is 0 Å². The van der Waals surface area contributed by atoms with Gasteiger partial charge in [0.1, 0.15) is 11.8 Å². The smallest absolute Gasteiger partial charge is 0.380 e. The molecular weight excluding hydrogens is 269 g/mol. The minimum absolute atomic E-state index is 0.288. The molecule has 0 radical (unpaired) electrons. The Morgan fingerprint density at radius 3 is 2.50 bits per heavy atom. The molecular formula is C9H9ClNO3PS. The summed E-state index contributed by atoms with van der Waals surface area (Å²) in [4.78, 5) is 0. The van der Waals surface area contributed by atoms with Crippen molar-refractivity contribution in [1.29, 1.82) is 5.26 Å². The molecule has 0 aromatic heterocycles. The number of nitrogens with zero attached hydrogens (tertiary/aromatic N) is 1. The van der Waals surface area contributed by atoms with E-state index >= 15 is 0 Å². The summed E-state index contributed by atoms with van der Waals surface area (Å²) in [5.74, 6) is 0.305. The van der Waals surface area contributed by atoms with Crippen LogP contribution in [0.2, 0.25) is 5.02 Å². The van der Waals surface area contributed by atoms with Gasteiger partial charge in [0.15, 0.2) is 0 Å². The van der Waals surface area contributed by atoms with E-state index in [1.54, 1.807) is 12.1 Å². The van der Waals surface area contributed by atoms with Crippen molar-refractivity contribution >= 4 is 30.1 Å². The topological polar surface area (TPSA) is 51.5 Å². The van der Waals surface area contributed by atoms with Crippen LogP contribution in [-0.4, -0.2) is 14.2 Å². The Hall–Kier alpha value is -0.630. The third-order valence-electron chi connectivity index (χ3n) is 1.72. The molecule has 0 N–H and O–H groups in total. The van der Waals surface area contributed by atoms with Gasteiger partial charge in [0, 0.05) is 31.0 Å². The lowest BCUT2D eigenvalue weighted by Crippen LogP contribution is -1.98. The van der Waals surface area contributed by atoms with Crippen molar-refractivity contribution < 1.29 is 13.6 Å². The molecule has 0 aliphatic heterocycles. The van der Waals surface area contributed by atoms with Gasteiger partial charge in [-0.15, -0.1) is 0 Å². The first kappa shape index (κ1) is 13.4. The van der Waals surface area contributed by atoms with Crippen LogP contribution in [0.5, 0.6) is 5.75 Å². The molecule has 1 aromatic rings. The van der Waals surface area contributed by atoms with Crippen LogP contribution in [0.1, 0.15) is 5.56 Å². The Bertz CT molecular complexity index is 466. The van der Waals surface area contributed by atoms with Gasteiger partial charge in [-0.25, -0.2) is 0 Å². The summed E-state index contributed by atoms with van der Waals surface area (Å²) in [6, 6.07) is 6.60. The predicted octanol–water partition coefficient (Wildman–Crippen LogP) is 3.11. The number of halogens is 1. The van der Waals surface area contributed by atoms with E-state index in [-0.39, 0.29) is 5.56 Å². The van der Waals surface area contributed by atoms with Crippen LogP contribution in [0, 0.1) is 11.3 Å². The first-order valence-electron chi connectivity index (χ1n) is 4.15. The summed E-state index contributed by atoms with van der Waals surface area (Å²) < 4.78 is 15.3. The molecule has 0 atom stereocenters. The van der Waals surface area contributed by atoms with Gasteiger partial charge in [-0.2, -0.15) is 5.26 Å². The highest BCUT2D eigenvalue weighted by molar-refractivity contribution is 8.07. The maximum atomic E-state index is 8.89. The molecule has 1 rings (SSSR count). The van der Waals surface area contributed by atoms with Crippen molar-refractivity contribution in [2.24, 2.45) is 0 Å². The van der Waals surface area contributed by atoms with E-state index in [1.165, 1.54) is 20.3 Å². The average Bonchev–Trinajstić information content (AvgIpc) is 2.31. The molecule has 4 nitrogen and oxygen atoms in total. The number of nitriles is 1. The van der Waals surface area contributed by atoms with Crippen molar-refractivity contribution in [1.82, 2.24) is 0 Å². The molecule has 0 fully saturated rings. The van der Waals surface area contributed by atoms with Crippen molar-refractivity contribution in [2.45, 2.75) is 0 Å². The molecule has 0 saturated heterocycles. The van der Waals surface area contributed by atoms with Crippen LogP contribution < -0.4 is 4.52 Å². The molecule has 0 saturated carbocycles. The first-order chi connectivity index (χ1) is 7.54. The van der Waals surface area contributed by atoms with Crippen molar-refractivity contribution in [2.75, 3.05) is 14.2 Å². The normalized spacial score (nSPS) is 10.9. The van der Waals surface area contributed by atoms with Crippen LogP contribution in [-0.2, 0) is 20.9 Å². The molecule has 0 bridgehead atoms. The standard InChI is InChI=1S/C9H9ClNO3PS/c1-12-15(16,13-2)14-9-4-3-8(10)5-7(9)6-11/h3-5H,1-2H3. The Kier molecular flexibility index (Phi) is 4.72. The number of hydrogen-bond acceptors (Lipinski definition) is 5. The molecule has 1 aromatic carbocycles. The highest BCUT2D eigenvalue weighted by Gasteiger charge is 2.20. The molecule has 0 unspecified atom stereocenters. The van der Waals surface area contributed by atoms with Crippen LogP contribution in [0.4, 0.5) is 0 Å². The van der Waals surface area contributed by atoms with E-state index in [1.807, 2.05) is 6.07 Å². The van der Waals surface area contributed by atoms with E-state index in [4.69, 9.17) is 42.2 Å². The van der Waals surface area contributed by atoms with Gasteiger partial charge in [-0.05, 0) is 18.2 Å². The van der Waals surface area contributed by atoms with Gasteiger partial charge in [0.05, 0.1) is 5.56 Å². The van der Waals surface area contributed by atoms with Crippen LogP contribution >= 0.6 is 18.3 Å². The maximum absolute atomic E-state index is 8.89. The second-order valence-corrected chi connectivity index (χ2v) is 6.24. The van der Waals surface area contributed by atoms with Gasteiger partial charge < -0.3 is 13.6 Å². The largest absolute Gasteiger partial charge is 0.423 e. The van der Waals surface area contributed by atoms with Crippen molar-refractivity contribution in [3.63, 3.8) is 0 Å². The Labute approximate surface area is 104 Å². The number of benzene rings is 1. The monoisotopic (exact) mass is 277 g/mol. The van der Waals surface area contributed by atoms with Crippen LogP contribution in [0.3, 0.4) is 0 Å². The van der Waals surface area contributed by atoms with Gasteiger partial charge in [0.25, 0.3) is 0 Å². The third kappa shape index (κ3) is 3.18. The lowest BCUT2D eigenvalue weighted by atomic mass is 10.2. The summed E-state index contributed by atoms with van der Waals surface area (Å²) in [6.07, 6.45) is 0. The fraction of sp³-hybridized carbons (Fsp3) is 0.222. The SMILES string of the molecule is COP(=S)(OC)Oc1ccc(Cl)cc1C#N. The molecule has 0 spiro atoms. The predicted molar refractivity (Wildman–Crippen MR) is 65.1 cm³/mol. The Morgan fingerprint density at radius 2 is 2.00 bits per heavy atom. The van der Waals surface area contributed by atoms with Gasteiger partial charge >= 0.3 is 6.72 Å². The van der Waals surface area contributed by atoms with E-state index in [2.05, 4.69) is 0 Å². The maximum Gasteiger partial charge on any atom is 0.380 e. The summed E-state index contributed by atoms with van der Waals surface area (Å²) in [6.45, 7) is -2.82. The zero-order chi connectivity index (χ0) is 12.2. The molecule has 16 heavy (non-hydrogen) atoms. The van der Waals surface area contributed by atoms with Crippen LogP contribution in [0.25, 0.3) is 0 Å². The molecule has 0 amide bonds. The quantitative estimate of drug-likeness (QED) is 0.792. The molecule has 0 aliphatic rings. The summed E-state index contributed by atoms with van der Waals surface area (Å²) >= 11 is 10.8. The molecule has 86 valence electrons. The zero-order valence-electron chi connectivity index (χ0n) is 8.64. The molecule has 0 heterocycles. The van der Waals surface area contributed by atoms with E-state index in [0.717, 1.165) is 0 Å². The third-order valence-corrected chi connectivity index (χ3v) is 4.39. The molecule has 7 heteroatoms. The number of hydrogen-bond donors (Lipinski definition) is 0. The first-order valence-corrected chi connectivity index (χ1v) is 7.09. The van der Waals surface area contributed by atoms with E-state index in [0.29, 0.717) is 10.8 Å². The fourth-order valence-electron chi connectivity index (χ4n) is 0.939. The molecule has 0 aliphatic carbocycles. The average molecular weight is 278 g/mol. The highest BCUT2D eigenvalue weighted by Crippen LogP contribution is 2.48. The fourth-order valence-corrected chi connectivity index (χ4v) is 2.05. The summed E-state index contributed by atoms with van der Waals surface area (Å²) in [5.41, 5.74) is 0.288. The van der Waals surface area contributed by atoms with Gasteiger partial charge in [-0.1, -0.05) is 11.6 Å². The number of rotatable bonds is 4. The summed E-state index contributed by atoms with van der Waals surface area (Å²) in [5, 5.41) is 9.34. The second-order valence-electron chi connectivity index (χ2n) is 2.66. The minimum atomic E-state index is -2.82. The Morgan fingerprint density at radius 1 is 1.38 bits per heavy atom. The minimum Gasteiger partial charge on any atom is -0.423 e. The van der Waals surface area contributed by atoms with E-state index < -0.39 is 6.72 Å². The van der Waals surface area contributed by atoms with Gasteiger partial charge in [0.2, 0.25) is 0 Å². The zero-order valence-corrected chi connectivity index (χ0v) is 11.1. The van der Waals surface area contributed by atoms with Crippen molar-refractivity contribution in [3.8, 4) is 11.8 Å². The lowest BCUT2D eigenvalue weighted by Gasteiger charge is -2.18. The van der Waals surface area contributed by atoms with Gasteiger partial charge in [-0.3, -0.25) is 0 Å². The van der Waals surface area contributed by atoms with Crippen LogP contribution in [0.15, 0.2) is 18.2 Å². The summed E-state index contributed by atoms with van der Waals surface area (Å²) in [7, 11) is 2.79. The second kappa shape index (κ2) is 5.62. The Balaban J connectivity index is 3.07. The lowest BCUT2D eigenvalue weighted by molar-refractivity contribution is 0.273.